The van der Waals surface area contributed by atoms with Crippen LogP contribution >= 0.6 is 23.2 Å². The van der Waals surface area contributed by atoms with Gasteiger partial charge in [-0.05, 0) is 35.9 Å². The number of halogens is 2. The molecule has 0 atom stereocenters. The van der Waals surface area contributed by atoms with Crippen molar-refractivity contribution in [3.8, 4) is 16.8 Å². The zero-order valence-corrected chi connectivity index (χ0v) is 14.5. The molecule has 25 heavy (non-hydrogen) atoms. The summed E-state index contributed by atoms with van der Waals surface area (Å²) in [5.74, 6) is 0.0119. The number of carbonyl (C=O) groups is 1. The van der Waals surface area contributed by atoms with E-state index in [0.29, 0.717) is 21.3 Å². The summed E-state index contributed by atoms with van der Waals surface area (Å²) in [6, 6.07) is 21.1. The van der Waals surface area contributed by atoms with Crippen molar-refractivity contribution in [2.45, 2.75) is 0 Å². The molecule has 0 N–H and O–H groups in total. The average molecular weight is 364 g/mol. The van der Waals surface area contributed by atoms with Crippen LogP contribution in [-0.4, -0.2) is 10.4 Å². The molecule has 1 aromatic heterocycles. The van der Waals surface area contributed by atoms with Crippen molar-refractivity contribution in [3.63, 3.8) is 0 Å². The molecule has 1 aliphatic rings. The predicted octanol–water partition coefficient (Wildman–Crippen LogP) is 6.15. The number of fused-ring (bicyclic) bond motifs is 5. The predicted molar refractivity (Wildman–Crippen MR) is 102 cm³/mol. The highest BCUT2D eigenvalue weighted by atomic mass is 35.5. The van der Waals surface area contributed by atoms with Gasteiger partial charge in [0.15, 0.2) is 0 Å². The fourth-order valence-electron chi connectivity index (χ4n) is 3.63. The van der Waals surface area contributed by atoms with E-state index in [1.807, 2.05) is 59.2 Å². The number of hydrogen-bond acceptors (Lipinski definition) is 1. The molecule has 0 radical (unpaired) electrons. The molecule has 0 fully saturated rings. The van der Waals surface area contributed by atoms with E-state index in [0.717, 1.165) is 27.7 Å². The summed E-state index contributed by atoms with van der Waals surface area (Å²) < 4.78 is 1.98. The fraction of sp³-hybridized carbons (Fsp3) is 0. The molecule has 0 bridgehead atoms. The molecule has 120 valence electrons. The highest BCUT2D eigenvalue weighted by Crippen LogP contribution is 2.43. The molecule has 0 saturated heterocycles. The number of rotatable bonds is 1. The maximum absolute atomic E-state index is 13.2. The van der Waals surface area contributed by atoms with E-state index < -0.39 is 0 Å². The van der Waals surface area contributed by atoms with E-state index in [9.17, 15) is 4.79 Å². The van der Waals surface area contributed by atoms with Gasteiger partial charge in [-0.1, -0.05) is 59.6 Å². The van der Waals surface area contributed by atoms with E-state index >= 15 is 0 Å². The fourth-order valence-corrected chi connectivity index (χ4v) is 3.97. The second kappa shape index (κ2) is 5.22. The molecule has 4 aromatic rings. The number of benzene rings is 3. The van der Waals surface area contributed by atoms with Crippen LogP contribution in [0.4, 0.5) is 0 Å². The van der Waals surface area contributed by atoms with Crippen LogP contribution in [0.5, 0.6) is 0 Å². The topological polar surface area (TPSA) is 22.0 Å². The van der Waals surface area contributed by atoms with Gasteiger partial charge in [-0.3, -0.25) is 4.79 Å². The van der Waals surface area contributed by atoms with Crippen molar-refractivity contribution in [2.24, 2.45) is 0 Å². The smallest absolute Gasteiger partial charge is 0.212 e. The molecular formula is C21H11Cl2NO. The lowest BCUT2D eigenvalue weighted by Gasteiger charge is -2.05. The largest absolute Gasteiger partial charge is 0.305 e. The molecule has 2 nitrogen and oxygen atoms in total. The van der Waals surface area contributed by atoms with Crippen LogP contribution in [0.15, 0.2) is 66.7 Å². The molecule has 3 aromatic carbocycles. The number of carbonyl (C=O) groups excluding carboxylic acids is 1. The standard InChI is InChI=1S/C21H11Cl2NO/c22-13-6-8-15-17(10-13)24-18-11-14(23)7-9-16(18)21(25)20(24)19(15)12-4-2-1-3-5-12/h1-11H. The van der Waals surface area contributed by atoms with Gasteiger partial charge in [-0.25, -0.2) is 0 Å². The molecular weight excluding hydrogens is 353 g/mol. The van der Waals surface area contributed by atoms with Crippen LogP contribution in [0.25, 0.3) is 27.7 Å². The molecule has 2 heterocycles. The first kappa shape index (κ1) is 14.8. The maximum Gasteiger partial charge on any atom is 0.212 e. The van der Waals surface area contributed by atoms with E-state index in [1.54, 1.807) is 12.1 Å². The molecule has 1 aliphatic heterocycles. The van der Waals surface area contributed by atoms with Crippen molar-refractivity contribution >= 4 is 39.9 Å². The summed E-state index contributed by atoms with van der Waals surface area (Å²) in [4.78, 5) is 13.2. The van der Waals surface area contributed by atoms with Gasteiger partial charge in [-0.2, -0.15) is 0 Å². The number of aromatic nitrogens is 1. The van der Waals surface area contributed by atoms with E-state index in [2.05, 4.69) is 0 Å². The quantitative estimate of drug-likeness (QED) is 0.350. The molecule has 4 heteroatoms. The lowest BCUT2D eigenvalue weighted by Crippen LogP contribution is -1.98. The van der Waals surface area contributed by atoms with Crippen molar-refractivity contribution in [2.75, 3.05) is 0 Å². The third-order valence-corrected chi connectivity index (χ3v) is 5.12. The Labute approximate surface area is 154 Å². The minimum atomic E-state index is 0.0119. The van der Waals surface area contributed by atoms with Crippen molar-refractivity contribution in [3.05, 3.63) is 88.0 Å². The number of nitrogens with zero attached hydrogens (tertiary/aromatic N) is 1. The van der Waals surface area contributed by atoms with Gasteiger partial charge in [-0.15, -0.1) is 0 Å². The van der Waals surface area contributed by atoms with Crippen LogP contribution in [-0.2, 0) is 0 Å². The molecule has 0 saturated carbocycles. The average Bonchev–Trinajstić information content (AvgIpc) is 3.09. The Kier molecular flexibility index (Phi) is 3.08. The Bertz CT molecular complexity index is 1180. The molecule has 0 unspecified atom stereocenters. The Morgan fingerprint density at radius 3 is 2.32 bits per heavy atom. The molecule has 5 rings (SSSR count). The Hall–Kier alpha value is -2.55. The van der Waals surface area contributed by atoms with Crippen LogP contribution in [0.2, 0.25) is 10.0 Å². The van der Waals surface area contributed by atoms with E-state index in [-0.39, 0.29) is 5.78 Å². The molecule has 0 aliphatic carbocycles. The summed E-state index contributed by atoms with van der Waals surface area (Å²) in [7, 11) is 0. The highest BCUT2D eigenvalue weighted by molar-refractivity contribution is 6.33. The van der Waals surface area contributed by atoms with Crippen LogP contribution < -0.4 is 0 Å². The first-order valence-electron chi connectivity index (χ1n) is 7.89. The first-order chi connectivity index (χ1) is 12.1. The number of ketones is 1. The Morgan fingerprint density at radius 1 is 0.800 bits per heavy atom. The van der Waals surface area contributed by atoms with E-state index in [1.165, 1.54) is 0 Å². The highest BCUT2D eigenvalue weighted by Gasteiger charge is 2.33. The van der Waals surface area contributed by atoms with E-state index in [4.69, 9.17) is 23.2 Å². The van der Waals surface area contributed by atoms with Crippen molar-refractivity contribution < 1.29 is 4.79 Å². The Morgan fingerprint density at radius 2 is 1.52 bits per heavy atom. The zero-order valence-electron chi connectivity index (χ0n) is 13.0. The lowest BCUT2D eigenvalue weighted by atomic mass is 9.98. The van der Waals surface area contributed by atoms with Crippen LogP contribution in [0.3, 0.4) is 0 Å². The minimum Gasteiger partial charge on any atom is -0.305 e. The van der Waals surface area contributed by atoms with Gasteiger partial charge in [0.2, 0.25) is 5.78 Å². The van der Waals surface area contributed by atoms with Gasteiger partial charge in [0.1, 0.15) is 5.69 Å². The van der Waals surface area contributed by atoms with Gasteiger partial charge in [0, 0.05) is 26.6 Å². The van der Waals surface area contributed by atoms with Gasteiger partial charge >= 0.3 is 0 Å². The summed E-state index contributed by atoms with van der Waals surface area (Å²) in [6.45, 7) is 0. The summed E-state index contributed by atoms with van der Waals surface area (Å²) in [5, 5.41) is 2.24. The maximum atomic E-state index is 13.2. The first-order valence-corrected chi connectivity index (χ1v) is 8.65. The van der Waals surface area contributed by atoms with Gasteiger partial charge in [0.25, 0.3) is 0 Å². The third-order valence-electron chi connectivity index (χ3n) is 4.65. The lowest BCUT2D eigenvalue weighted by molar-refractivity contribution is 0.104. The molecule has 0 amide bonds. The molecule has 0 spiro atoms. The van der Waals surface area contributed by atoms with Crippen molar-refractivity contribution in [1.29, 1.82) is 0 Å². The summed E-state index contributed by atoms with van der Waals surface area (Å²) in [6.07, 6.45) is 0. The second-order valence-electron chi connectivity index (χ2n) is 6.08. The van der Waals surface area contributed by atoms with Crippen LogP contribution in [0, 0.1) is 0 Å². The summed E-state index contributed by atoms with van der Waals surface area (Å²) >= 11 is 12.4. The second-order valence-corrected chi connectivity index (χ2v) is 6.95. The zero-order chi connectivity index (χ0) is 17.1. The number of hydrogen-bond donors (Lipinski definition) is 0. The summed E-state index contributed by atoms with van der Waals surface area (Å²) in [5.41, 5.74) is 5.00. The Balaban J connectivity index is 1.98. The van der Waals surface area contributed by atoms with Gasteiger partial charge < -0.3 is 4.57 Å². The van der Waals surface area contributed by atoms with Crippen molar-refractivity contribution in [1.82, 2.24) is 4.57 Å². The third kappa shape index (κ3) is 2.02. The minimum absolute atomic E-state index is 0.0119. The van der Waals surface area contributed by atoms with Gasteiger partial charge in [0.05, 0.1) is 11.2 Å². The SMILES string of the molecule is O=C1c2ccc(Cl)cc2-n2c1c(-c1ccccc1)c1ccc(Cl)cc12. The monoisotopic (exact) mass is 363 g/mol. The van der Waals surface area contributed by atoms with Crippen LogP contribution in [0.1, 0.15) is 16.1 Å². The normalized spacial score (nSPS) is 12.5.